The van der Waals surface area contributed by atoms with Crippen LogP contribution in [-0.4, -0.2) is 41.1 Å². The summed E-state index contributed by atoms with van der Waals surface area (Å²) in [5.74, 6) is -0.206. The molecule has 1 heterocycles. The molecule has 0 aromatic carbocycles. The molecule has 1 amide bonds. The van der Waals surface area contributed by atoms with E-state index in [-0.39, 0.29) is 5.91 Å². The monoisotopic (exact) mass is 226 g/mol. The van der Waals surface area contributed by atoms with E-state index in [1.54, 1.807) is 0 Å². The smallest absolute Gasteiger partial charge is 0.273 e. The number of nitrogens with zero attached hydrogens (tertiary/aromatic N) is 2. The van der Waals surface area contributed by atoms with Gasteiger partial charge in [-0.25, -0.2) is 0 Å². The minimum absolute atomic E-state index is 0.206. The highest BCUT2D eigenvalue weighted by Gasteiger charge is 2.06. The Bertz CT molecular complexity index is 287. The maximum Gasteiger partial charge on any atom is 0.273 e. The van der Waals surface area contributed by atoms with Crippen LogP contribution in [0.1, 0.15) is 36.7 Å². The Labute approximate surface area is 94.8 Å². The first-order chi connectivity index (χ1) is 7.84. The number of carbonyl (C=O) groups excluding carboxylic acids is 1. The third-order valence-electron chi connectivity index (χ3n) is 2.04. The van der Waals surface area contributed by atoms with Crippen molar-refractivity contribution in [2.24, 2.45) is 0 Å². The van der Waals surface area contributed by atoms with Crippen LogP contribution in [-0.2, 0) is 4.74 Å². The van der Waals surface area contributed by atoms with Crippen LogP contribution in [0.2, 0.25) is 0 Å². The fraction of sp³-hybridized carbons (Fsp3) is 0.700. The number of hydrogen-bond acceptors (Lipinski definition) is 4. The van der Waals surface area contributed by atoms with Gasteiger partial charge in [-0.05, 0) is 12.8 Å². The molecule has 0 saturated carbocycles. The van der Waals surface area contributed by atoms with Gasteiger partial charge in [-0.1, -0.05) is 13.3 Å². The Morgan fingerprint density at radius 2 is 2.31 bits per heavy atom. The van der Waals surface area contributed by atoms with Gasteiger partial charge in [0.05, 0.1) is 6.20 Å². The van der Waals surface area contributed by atoms with E-state index in [4.69, 9.17) is 4.74 Å². The van der Waals surface area contributed by atoms with Crippen molar-refractivity contribution in [3.63, 3.8) is 0 Å². The van der Waals surface area contributed by atoms with Crippen molar-refractivity contribution in [2.75, 3.05) is 19.8 Å². The predicted octanol–water partition coefficient (Wildman–Crippen LogP) is 0.741. The van der Waals surface area contributed by atoms with Crippen molar-refractivity contribution in [1.29, 1.82) is 0 Å². The number of rotatable bonds is 8. The number of hydrogen-bond donors (Lipinski definition) is 2. The van der Waals surface area contributed by atoms with Crippen molar-refractivity contribution < 1.29 is 9.53 Å². The van der Waals surface area contributed by atoms with Gasteiger partial charge in [-0.15, -0.1) is 0 Å². The van der Waals surface area contributed by atoms with Gasteiger partial charge in [0.15, 0.2) is 5.69 Å². The standard InChI is InChI=1S/C10H18N4O2/c1-2-3-6-16-7-4-5-11-10(15)9-8-12-14-13-9/h8H,2-7H2,1H3,(H,11,15)(H,12,13,14). The molecule has 16 heavy (non-hydrogen) atoms. The summed E-state index contributed by atoms with van der Waals surface area (Å²) in [5.41, 5.74) is 0.312. The van der Waals surface area contributed by atoms with Crippen molar-refractivity contribution in [3.05, 3.63) is 11.9 Å². The summed E-state index contributed by atoms with van der Waals surface area (Å²) in [6, 6.07) is 0. The Balaban J connectivity index is 1.97. The molecule has 0 aliphatic heterocycles. The summed E-state index contributed by atoms with van der Waals surface area (Å²) in [7, 11) is 0. The molecule has 6 nitrogen and oxygen atoms in total. The van der Waals surface area contributed by atoms with Crippen LogP contribution in [0.5, 0.6) is 0 Å². The molecular formula is C10H18N4O2. The van der Waals surface area contributed by atoms with E-state index >= 15 is 0 Å². The first-order valence-electron chi connectivity index (χ1n) is 5.56. The van der Waals surface area contributed by atoms with E-state index < -0.39 is 0 Å². The van der Waals surface area contributed by atoms with Crippen LogP contribution in [0, 0.1) is 0 Å². The Hall–Kier alpha value is -1.43. The van der Waals surface area contributed by atoms with Gasteiger partial charge in [-0.3, -0.25) is 4.79 Å². The van der Waals surface area contributed by atoms with Gasteiger partial charge < -0.3 is 10.1 Å². The molecule has 2 N–H and O–H groups in total. The van der Waals surface area contributed by atoms with E-state index in [0.717, 1.165) is 25.9 Å². The van der Waals surface area contributed by atoms with Crippen molar-refractivity contribution in [2.45, 2.75) is 26.2 Å². The maximum absolute atomic E-state index is 11.4. The quantitative estimate of drug-likeness (QED) is 0.641. The van der Waals surface area contributed by atoms with Gasteiger partial charge in [0.1, 0.15) is 0 Å². The van der Waals surface area contributed by atoms with Crippen molar-refractivity contribution in [1.82, 2.24) is 20.7 Å². The molecule has 0 radical (unpaired) electrons. The number of H-pyrrole nitrogens is 1. The number of aromatic amines is 1. The van der Waals surface area contributed by atoms with Crippen LogP contribution in [0.15, 0.2) is 6.20 Å². The molecule has 0 atom stereocenters. The van der Waals surface area contributed by atoms with Crippen LogP contribution >= 0.6 is 0 Å². The van der Waals surface area contributed by atoms with E-state index in [1.807, 2.05) is 0 Å². The highest BCUT2D eigenvalue weighted by atomic mass is 16.5. The molecular weight excluding hydrogens is 208 g/mol. The highest BCUT2D eigenvalue weighted by molar-refractivity contribution is 5.91. The minimum Gasteiger partial charge on any atom is -0.381 e. The molecule has 0 spiro atoms. The van der Waals surface area contributed by atoms with Gasteiger partial charge in [-0.2, -0.15) is 15.4 Å². The number of aromatic nitrogens is 3. The number of unbranched alkanes of at least 4 members (excludes halogenated alkanes) is 1. The molecule has 0 bridgehead atoms. The number of ether oxygens (including phenoxy) is 1. The third kappa shape index (κ3) is 4.88. The summed E-state index contributed by atoms with van der Waals surface area (Å²) < 4.78 is 5.36. The molecule has 0 aliphatic carbocycles. The molecule has 90 valence electrons. The minimum atomic E-state index is -0.206. The Morgan fingerprint density at radius 1 is 1.50 bits per heavy atom. The molecule has 6 heteroatoms. The normalized spacial score (nSPS) is 10.3. The lowest BCUT2D eigenvalue weighted by atomic mass is 10.3. The largest absolute Gasteiger partial charge is 0.381 e. The lowest BCUT2D eigenvalue weighted by Gasteiger charge is -2.04. The molecule has 1 aromatic heterocycles. The first-order valence-corrected chi connectivity index (χ1v) is 5.56. The summed E-state index contributed by atoms with van der Waals surface area (Å²) in [5, 5.41) is 12.4. The van der Waals surface area contributed by atoms with Gasteiger partial charge in [0, 0.05) is 19.8 Å². The zero-order chi connectivity index (χ0) is 11.6. The zero-order valence-electron chi connectivity index (χ0n) is 9.53. The summed E-state index contributed by atoms with van der Waals surface area (Å²) in [6.07, 6.45) is 4.44. The second-order valence-electron chi connectivity index (χ2n) is 3.43. The summed E-state index contributed by atoms with van der Waals surface area (Å²) in [6.45, 7) is 4.20. The molecule has 0 aliphatic rings. The number of carbonyl (C=O) groups is 1. The lowest BCUT2D eigenvalue weighted by molar-refractivity contribution is 0.0935. The third-order valence-corrected chi connectivity index (χ3v) is 2.04. The maximum atomic E-state index is 11.4. The van der Waals surface area contributed by atoms with E-state index in [1.165, 1.54) is 6.20 Å². The van der Waals surface area contributed by atoms with E-state index in [0.29, 0.717) is 18.8 Å². The van der Waals surface area contributed by atoms with Gasteiger partial charge in [0.25, 0.3) is 5.91 Å². The predicted molar refractivity (Wildman–Crippen MR) is 59.1 cm³/mol. The van der Waals surface area contributed by atoms with Crippen LogP contribution in [0.3, 0.4) is 0 Å². The first kappa shape index (κ1) is 12.6. The number of amides is 1. The van der Waals surface area contributed by atoms with Crippen molar-refractivity contribution in [3.8, 4) is 0 Å². The second-order valence-corrected chi connectivity index (χ2v) is 3.43. The van der Waals surface area contributed by atoms with Crippen molar-refractivity contribution >= 4 is 5.91 Å². The fourth-order valence-electron chi connectivity index (χ4n) is 1.13. The average molecular weight is 226 g/mol. The lowest BCUT2D eigenvalue weighted by Crippen LogP contribution is -2.25. The Kier molecular flexibility index (Phi) is 6.17. The van der Waals surface area contributed by atoms with Crippen LogP contribution in [0.25, 0.3) is 0 Å². The summed E-state index contributed by atoms with van der Waals surface area (Å²) >= 11 is 0. The van der Waals surface area contributed by atoms with Gasteiger partial charge in [0.2, 0.25) is 0 Å². The number of nitrogens with one attached hydrogen (secondary N) is 2. The highest BCUT2D eigenvalue weighted by Crippen LogP contribution is 1.90. The topological polar surface area (TPSA) is 79.9 Å². The average Bonchev–Trinajstić information content (AvgIpc) is 2.81. The molecule has 0 saturated heterocycles. The molecule has 1 rings (SSSR count). The zero-order valence-corrected chi connectivity index (χ0v) is 9.53. The Morgan fingerprint density at radius 3 is 3.00 bits per heavy atom. The molecule has 0 fully saturated rings. The van der Waals surface area contributed by atoms with E-state index in [9.17, 15) is 4.79 Å². The summed E-state index contributed by atoms with van der Waals surface area (Å²) in [4.78, 5) is 11.4. The van der Waals surface area contributed by atoms with E-state index in [2.05, 4.69) is 27.7 Å². The SMILES string of the molecule is CCCCOCCCNC(=O)c1cn[nH]n1. The fourth-order valence-corrected chi connectivity index (χ4v) is 1.13. The van der Waals surface area contributed by atoms with Crippen LogP contribution < -0.4 is 5.32 Å². The van der Waals surface area contributed by atoms with Gasteiger partial charge >= 0.3 is 0 Å². The molecule has 1 aromatic rings. The van der Waals surface area contributed by atoms with Crippen LogP contribution in [0.4, 0.5) is 0 Å². The molecule has 0 unspecified atom stereocenters. The second kappa shape index (κ2) is 7.81.